The number of thiophene rings is 1. The molecule has 0 saturated carbocycles. The maximum Gasteiger partial charge on any atom is 0.227 e. The van der Waals surface area contributed by atoms with E-state index in [1.54, 1.807) is 23.1 Å². The first-order valence-corrected chi connectivity index (χ1v) is 9.55. The van der Waals surface area contributed by atoms with Gasteiger partial charge in [0.25, 0.3) is 0 Å². The SMILES string of the molecule is CCSc1nnc(NC(=O)CCc2nc(-c3cccs3)no2)s1. The van der Waals surface area contributed by atoms with Gasteiger partial charge in [-0.3, -0.25) is 4.79 Å². The molecule has 3 aromatic rings. The summed E-state index contributed by atoms with van der Waals surface area (Å²) >= 11 is 4.51. The third-order valence-electron chi connectivity index (χ3n) is 2.70. The van der Waals surface area contributed by atoms with Crippen molar-refractivity contribution in [3.05, 3.63) is 23.4 Å². The Kier molecular flexibility index (Phi) is 5.36. The summed E-state index contributed by atoms with van der Waals surface area (Å²) in [5.74, 6) is 1.78. The molecule has 7 nitrogen and oxygen atoms in total. The summed E-state index contributed by atoms with van der Waals surface area (Å²) in [6, 6.07) is 3.85. The van der Waals surface area contributed by atoms with Gasteiger partial charge in [-0.1, -0.05) is 41.2 Å². The van der Waals surface area contributed by atoms with Gasteiger partial charge in [0, 0.05) is 12.8 Å². The van der Waals surface area contributed by atoms with Crippen molar-refractivity contribution in [2.75, 3.05) is 11.1 Å². The number of hydrogen-bond acceptors (Lipinski definition) is 9. The molecular formula is C13H13N5O2S3. The maximum absolute atomic E-state index is 11.9. The molecule has 0 saturated heterocycles. The van der Waals surface area contributed by atoms with Gasteiger partial charge in [-0.25, -0.2) is 0 Å². The minimum atomic E-state index is -0.148. The fourth-order valence-corrected chi connectivity index (χ4v) is 4.02. The number of thioether (sulfide) groups is 1. The Morgan fingerprint density at radius 1 is 1.43 bits per heavy atom. The highest BCUT2D eigenvalue weighted by Crippen LogP contribution is 2.25. The van der Waals surface area contributed by atoms with Crippen LogP contribution < -0.4 is 5.32 Å². The third kappa shape index (κ3) is 4.36. The van der Waals surface area contributed by atoms with E-state index in [-0.39, 0.29) is 12.3 Å². The molecule has 1 N–H and O–H groups in total. The number of amides is 1. The third-order valence-corrected chi connectivity index (χ3v) is 5.42. The molecule has 3 rings (SSSR count). The quantitative estimate of drug-likeness (QED) is 0.505. The lowest BCUT2D eigenvalue weighted by atomic mass is 10.3. The van der Waals surface area contributed by atoms with Crippen LogP contribution in [0.3, 0.4) is 0 Å². The Bertz CT molecular complexity index is 768. The Labute approximate surface area is 144 Å². The number of carbonyl (C=O) groups excluding carboxylic acids is 1. The van der Waals surface area contributed by atoms with E-state index in [4.69, 9.17) is 4.52 Å². The standard InChI is InChI=1S/C13H13N5O2S3/c1-2-21-13-17-16-12(23-13)14-9(19)5-6-10-15-11(18-20-10)8-4-3-7-22-8/h3-4,7H,2,5-6H2,1H3,(H,14,16,19). The second-order valence-electron chi connectivity index (χ2n) is 4.34. The van der Waals surface area contributed by atoms with E-state index in [9.17, 15) is 4.79 Å². The van der Waals surface area contributed by atoms with Gasteiger partial charge >= 0.3 is 0 Å². The molecule has 0 bridgehead atoms. The number of hydrogen-bond donors (Lipinski definition) is 1. The number of nitrogens with one attached hydrogen (secondary N) is 1. The second-order valence-corrected chi connectivity index (χ2v) is 7.78. The summed E-state index contributed by atoms with van der Waals surface area (Å²) in [6.45, 7) is 2.04. The molecule has 10 heteroatoms. The summed E-state index contributed by atoms with van der Waals surface area (Å²) in [6.07, 6.45) is 0.640. The molecule has 0 spiro atoms. The van der Waals surface area contributed by atoms with Crippen molar-refractivity contribution in [2.24, 2.45) is 0 Å². The smallest absolute Gasteiger partial charge is 0.227 e. The van der Waals surface area contributed by atoms with Crippen LogP contribution in [-0.2, 0) is 11.2 Å². The van der Waals surface area contributed by atoms with Crippen molar-refractivity contribution in [1.29, 1.82) is 0 Å². The van der Waals surface area contributed by atoms with Crippen LogP contribution in [0.1, 0.15) is 19.2 Å². The lowest BCUT2D eigenvalue weighted by Gasteiger charge is -1.97. The van der Waals surface area contributed by atoms with E-state index >= 15 is 0 Å². The number of nitrogens with zero attached hydrogens (tertiary/aromatic N) is 4. The van der Waals surface area contributed by atoms with Crippen LogP contribution in [-0.4, -0.2) is 32.0 Å². The van der Waals surface area contributed by atoms with Gasteiger partial charge in [-0.05, 0) is 17.2 Å². The highest BCUT2D eigenvalue weighted by molar-refractivity contribution is 8.01. The fourth-order valence-electron chi connectivity index (χ4n) is 1.71. The number of carbonyl (C=O) groups is 1. The first kappa shape index (κ1) is 16.1. The van der Waals surface area contributed by atoms with Crippen molar-refractivity contribution in [3.8, 4) is 10.7 Å². The van der Waals surface area contributed by atoms with Gasteiger partial charge in [-0.15, -0.1) is 21.5 Å². The van der Waals surface area contributed by atoms with Crippen molar-refractivity contribution in [1.82, 2.24) is 20.3 Å². The number of aryl methyl sites for hydroxylation is 1. The van der Waals surface area contributed by atoms with Gasteiger partial charge in [0.05, 0.1) is 4.88 Å². The van der Waals surface area contributed by atoms with E-state index in [1.807, 2.05) is 24.4 Å². The molecule has 120 valence electrons. The van der Waals surface area contributed by atoms with Gasteiger partial charge in [0.15, 0.2) is 4.34 Å². The zero-order valence-corrected chi connectivity index (χ0v) is 14.6. The highest BCUT2D eigenvalue weighted by Gasteiger charge is 2.12. The van der Waals surface area contributed by atoms with Crippen LogP contribution in [0, 0.1) is 0 Å². The van der Waals surface area contributed by atoms with Crippen molar-refractivity contribution < 1.29 is 9.32 Å². The van der Waals surface area contributed by atoms with E-state index in [0.717, 1.165) is 15.0 Å². The van der Waals surface area contributed by atoms with Crippen molar-refractivity contribution in [3.63, 3.8) is 0 Å². The van der Waals surface area contributed by atoms with E-state index in [2.05, 4.69) is 25.7 Å². The summed E-state index contributed by atoms with van der Waals surface area (Å²) < 4.78 is 6.01. The largest absolute Gasteiger partial charge is 0.339 e. The van der Waals surface area contributed by atoms with Crippen LogP contribution in [0.2, 0.25) is 0 Å². The number of anilines is 1. The molecule has 0 aromatic carbocycles. The Balaban J connectivity index is 1.50. The molecule has 23 heavy (non-hydrogen) atoms. The second kappa shape index (κ2) is 7.66. The number of rotatable bonds is 7. The van der Waals surface area contributed by atoms with E-state index in [0.29, 0.717) is 23.3 Å². The Morgan fingerprint density at radius 3 is 3.13 bits per heavy atom. The fraction of sp³-hybridized carbons (Fsp3) is 0.308. The molecule has 0 aliphatic rings. The minimum Gasteiger partial charge on any atom is -0.339 e. The molecule has 0 fully saturated rings. The van der Waals surface area contributed by atoms with E-state index in [1.165, 1.54) is 11.3 Å². The summed E-state index contributed by atoms with van der Waals surface area (Å²) in [4.78, 5) is 17.1. The molecule has 0 radical (unpaired) electrons. The van der Waals surface area contributed by atoms with Crippen LogP contribution >= 0.6 is 34.4 Å². The van der Waals surface area contributed by atoms with Crippen molar-refractivity contribution >= 4 is 45.5 Å². The monoisotopic (exact) mass is 367 g/mol. The van der Waals surface area contributed by atoms with Crippen LogP contribution in [0.5, 0.6) is 0 Å². The molecule has 0 aliphatic heterocycles. The predicted octanol–water partition coefficient (Wildman–Crippen LogP) is 3.33. The predicted molar refractivity (Wildman–Crippen MR) is 90.9 cm³/mol. The van der Waals surface area contributed by atoms with Crippen molar-refractivity contribution in [2.45, 2.75) is 24.1 Å². The van der Waals surface area contributed by atoms with Crippen LogP contribution in [0.15, 0.2) is 26.4 Å². The Hall–Kier alpha value is -1.78. The molecule has 3 aromatic heterocycles. The molecule has 0 atom stereocenters. The lowest BCUT2D eigenvalue weighted by molar-refractivity contribution is -0.116. The average Bonchev–Trinajstić information content (AvgIpc) is 3.27. The van der Waals surface area contributed by atoms with Gasteiger partial charge in [0.1, 0.15) is 0 Å². The molecule has 3 heterocycles. The van der Waals surface area contributed by atoms with Crippen LogP contribution in [0.4, 0.5) is 5.13 Å². The molecule has 0 unspecified atom stereocenters. The average molecular weight is 367 g/mol. The molecule has 0 aliphatic carbocycles. The van der Waals surface area contributed by atoms with Gasteiger partial charge < -0.3 is 9.84 Å². The summed E-state index contributed by atoms with van der Waals surface area (Å²) in [7, 11) is 0. The first-order chi connectivity index (χ1) is 11.2. The number of aromatic nitrogens is 4. The zero-order valence-electron chi connectivity index (χ0n) is 12.2. The molecule has 1 amide bonds. The first-order valence-electron chi connectivity index (χ1n) is 6.87. The minimum absolute atomic E-state index is 0.148. The lowest BCUT2D eigenvalue weighted by Crippen LogP contribution is -2.12. The zero-order chi connectivity index (χ0) is 16.1. The van der Waals surface area contributed by atoms with Crippen LogP contribution in [0.25, 0.3) is 10.7 Å². The normalized spacial score (nSPS) is 10.8. The topological polar surface area (TPSA) is 93.8 Å². The van der Waals surface area contributed by atoms with E-state index < -0.39 is 0 Å². The van der Waals surface area contributed by atoms with Gasteiger partial charge in [0.2, 0.25) is 22.8 Å². The summed E-state index contributed by atoms with van der Waals surface area (Å²) in [5.41, 5.74) is 0. The van der Waals surface area contributed by atoms with Gasteiger partial charge in [-0.2, -0.15) is 4.98 Å². The maximum atomic E-state index is 11.9. The highest BCUT2D eigenvalue weighted by atomic mass is 32.2. The molecular weight excluding hydrogens is 354 g/mol. The summed E-state index contributed by atoms with van der Waals surface area (Å²) in [5, 5.41) is 17.0. The Morgan fingerprint density at radius 2 is 2.35 bits per heavy atom.